The SMILES string of the molecule is O=C([O-])C1CCC(C(=O)O)CC1. The van der Waals surface area contributed by atoms with Crippen molar-refractivity contribution in [1.29, 1.82) is 0 Å². The fourth-order valence-corrected chi connectivity index (χ4v) is 1.58. The van der Waals surface area contributed by atoms with Crippen LogP contribution >= 0.6 is 0 Å². The number of carbonyl (C=O) groups is 2. The Bertz CT molecular complexity index is 169. The van der Waals surface area contributed by atoms with Crippen LogP contribution in [-0.4, -0.2) is 17.0 Å². The monoisotopic (exact) mass is 171 g/mol. The van der Waals surface area contributed by atoms with Crippen molar-refractivity contribution in [2.75, 3.05) is 0 Å². The first-order chi connectivity index (χ1) is 5.61. The molecule has 1 aliphatic rings. The van der Waals surface area contributed by atoms with Crippen molar-refractivity contribution in [2.45, 2.75) is 25.7 Å². The molecule has 0 aromatic carbocycles. The zero-order valence-corrected chi connectivity index (χ0v) is 6.66. The van der Waals surface area contributed by atoms with Crippen LogP contribution in [0.3, 0.4) is 0 Å². The summed E-state index contributed by atoms with van der Waals surface area (Å²) in [6, 6.07) is 0. The Balaban J connectivity index is 2.39. The first kappa shape index (κ1) is 9.03. The quantitative estimate of drug-likeness (QED) is 0.614. The van der Waals surface area contributed by atoms with Gasteiger partial charge in [0.25, 0.3) is 0 Å². The molecule has 0 radical (unpaired) electrons. The molecule has 0 unspecified atom stereocenters. The predicted octanol–water partition coefficient (Wildman–Crippen LogP) is -0.373. The summed E-state index contributed by atoms with van der Waals surface area (Å²) in [6.07, 6.45) is 1.82. The summed E-state index contributed by atoms with van der Waals surface area (Å²) in [6.45, 7) is 0. The Morgan fingerprint density at radius 2 is 1.50 bits per heavy atom. The van der Waals surface area contributed by atoms with Gasteiger partial charge >= 0.3 is 5.97 Å². The van der Waals surface area contributed by atoms with E-state index in [9.17, 15) is 14.7 Å². The zero-order valence-electron chi connectivity index (χ0n) is 6.66. The largest absolute Gasteiger partial charge is 0.550 e. The molecule has 1 aliphatic carbocycles. The van der Waals surface area contributed by atoms with Gasteiger partial charge in [0.15, 0.2) is 0 Å². The summed E-state index contributed by atoms with van der Waals surface area (Å²) in [5.41, 5.74) is 0. The summed E-state index contributed by atoms with van der Waals surface area (Å²) >= 11 is 0. The van der Waals surface area contributed by atoms with Crippen molar-refractivity contribution in [3.63, 3.8) is 0 Å². The van der Waals surface area contributed by atoms with Gasteiger partial charge in [-0.05, 0) is 31.6 Å². The Morgan fingerprint density at radius 1 is 1.08 bits per heavy atom. The molecule has 0 saturated heterocycles. The van der Waals surface area contributed by atoms with Gasteiger partial charge in [-0.2, -0.15) is 0 Å². The highest BCUT2D eigenvalue weighted by Crippen LogP contribution is 2.28. The Hall–Kier alpha value is -1.06. The average molecular weight is 171 g/mol. The highest BCUT2D eigenvalue weighted by molar-refractivity contribution is 5.71. The van der Waals surface area contributed by atoms with Crippen LogP contribution in [0.25, 0.3) is 0 Å². The van der Waals surface area contributed by atoms with E-state index >= 15 is 0 Å². The number of hydrogen-bond donors (Lipinski definition) is 1. The summed E-state index contributed by atoms with van der Waals surface area (Å²) < 4.78 is 0. The highest BCUT2D eigenvalue weighted by Gasteiger charge is 2.26. The lowest BCUT2D eigenvalue weighted by molar-refractivity contribution is -0.312. The second kappa shape index (κ2) is 3.56. The number of hydrogen-bond acceptors (Lipinski definition) is 3. The van der Waals surface area contributed by atoms with Crippen LogP contribution in [-0.2, 0) is 9.59 Å². The summed E-state index contributed by atoms with van der Waals surface area (Å²) in [4.78, 5) is 20.8. The van der Waals surface area contributed by atoms with E-state index in [0.717, 1.165) is 0 Å². The van der Waals surface area contributed by atoms with E-state index in [1.54, 1.807) is 0 Å². The minimum absolute atomic E-state index is 0.347. The maximum absolute atomic E-state index is 10.5. The average Bonchev–Trinajstić information content (AvgIpc) is 2.04. The van der Waals surface area contributed by atoms with Crippen molar-refractivity contribution < 1.29 is 19.8 Å². The van der Waals surface area contributed by atoms with Crippen LogP contribution in [0, 0.1) is 11.8 Å². The van der Waals surface area contributed by atoms with Gasteiger partial charge in [-0.15, -0.1) is 0 Å². The second-order valence-electron chi connectivity index (χ2n) is 3.21. The second-order valence-corrected chi connectivity index (χ2v) is 3.21. The van der Waals surface area contributed by atoms with Crippen molar-refractivity contribution in [3.8, 4) is 0 Å². The van der Waals surface area contributed by atoms with Gasteiger partial charge in [0.2, 0.25) is 0 Å². The standard InChI is InChI=1S/C8H12O4/c9-7(10)5-1-2-6(4-3-5)8(11)12/h5-6H,1-4H2,(H,9,10)(H,11,12)/p-1. The van der Waals surface area contributed by atoms with Crippen LogP contribution in [0.15, 0.2) is 0 Å². The normalized spacial score (nSPS) is 29.7. The molecule has 4 heteroatoms. The van der Waals surface area contributed by atoms with Gasteiger partial charge in [0, 0.05) is 5.97 Å². The van der Waals surface area contributed by atoms with Crippen LogP contribution in [0.2, 0.25) is 0 Å². The minimum Gasteiger partial charge on any atom is -0.550 e. The van der Waals surface area contributed by atoms with Crippen LogP contribution in [0.1, 0.15) is 25.7 Å². The van der Waals surface area contributed by atoms with E-state index in [0.29, 0.717) is 25.7 Å². The van der Waals surface area contributed by atoms with Crippen molar-refractivity contribution in [3.05, 3.63) is 0 Å². The number of aliphatic carboxylic acids is 2. The third kappa shape index (κ3) is 1.96. The fraction of sp³-hybridized carbons (Fsp3) is 0.750. The number of carboxylic acids is 2. The summed E-state index contributed by atoms with van der Waals surface area (Å²) in [5.74, 6) is -2.63. The molecule has 0 heterocycles. The van der Waals surface area contributed by atoms with Crippen LogP contribution in [0.4, 0.5) is 0 Å². The maximum Gasteiger partial charge on any atom is 0.306 e. The molecule has 0 atom stereocenters. The number of rotatable bonds is 2. The maximum atomic E-state index is 10.5. The topological polar surface area (TPSA) is 77.4 Å². The molecule has 0 spiro atoms. The van der Waals surface area contributed by atoms with Gasteiger partial charge in [0.05, 0.1) is 5.92 Å². The molecule has 0 aromatic heterocycles. The third-order valence-corrected chi connectivity index (χ3v) is 2.41. The molecule has 12 heavy (non-hydrogen) atoms. The van der Waals surface area contributed by atoms with E-state index in [4.69, 9.17) is 5.11 Å². The number of carboxylic acid groups (broad SMARTS) is 2. The first-order valence-electron chi connectivity index (χ1n) is 4.05. The van der Waals surface area contributed by atoms with Gasteiger partial charge in [0.1, 0.15) is 0 Å². The van der Waals surface area contributed by atoms with E-state index in [-0.39, 0.29) is 5.92 Å². The molecule has 1 N–H and O–H groups in total. The summed E-state index contributed by atoms with van der Waals surface area (Å²) in [5, 5.41) is 19.0. The molecule has 0 aliphatic heterocycles. The summed E-state index contributed by atoms with van der Waals surface area (Å²) in [7, 11) is 0. The first-order valence-corrected chi connectivity index (χ1v) is 4.05. The highest BCUT2D eigenvalue weighted by atomic mass is 16.4. The molecule has 1 fully saturated rings. The molecule has 1 saturated carbocycles. The van der Waals surface area contributed by atoms with Crippen molar-refractivity contribution in [2.24, 2.45) is 11.8 Å². The minimum atomic E-state index is -1.04. The van der Waals surface area contributed by atoms with E-state index in [1.165, 1.54) is 0 Å². The molecular weight excluding hydrogens is 160 g/mol. The van der Waals surface area contributed by atoms with Gasteiger partial charge in [-0.1, -0.05) is 0 Å². The van der Waals surface area contributed by atoms with E-state index < -0.39 is 17.9 Å². The van der Waals surface area contributed by atoms with Gasteiger partial charge in [-0.25, -0.2) is 0 Å². The van der Waals surface area contributed by atoms with Crippen molar-refractivity contribution >= 4 is 11.9 Å². The Morgan fingerprint density at radius 3 is 1.83 bits per heavy atom. The lowest BCUT2D eigenvalue weighted by Crippen LogP contribution is -2.35. The molecule has 0 aromatic rings. The lowest BCUT2D eigenvalue weighted by atomic mass is 9.82. The van der Waals surface area contributed by atoms with Crippen molar-refractivity contribution in [1.82, 2.24) is 0 Å². The number of carbonyl (C=O) groups excluding carboxylic acids is 1. The molecule has 0 amide bonds. The molecular formula is C8H11O4-. The molecule has 0 bridgehead atoms. The van der Waals surface area contributed by atoms with E-state index in [2.05, 4.69) is 0 Å². The fourth-order valence-electron chi connectivity index (χ4n) is 1.58. The van der Waals surface area contributed by atoms with Gasteiger partial charge < -0.3 is 15.0 Å². The smallest absolute Gasteiger partial charge is 0.306 e. The molecule has 1 rings (SSSR count). The lowest BCUT2D eigenvalue weighted by Gasteiger charge is -2.26. The predicted molar refractivity (Wildman–Crippen MR) is 38.1 cm³/mol. The molecule has 4 nitrogen and oxygen atoms in total. The van der Waals surface area contributed by atoms with Crippen LogP contribution in [0.5, 0.6) is 0 Å². The zero-order chi connectivity index (χ0) is 9.14. The third-order valence-electron chi connectivity index (χ3n) is 2.41. The molecule has 68 valence electrons. The Kier molecular flexibility index (Phi) is 2.68. The van der Waals surface area contributed by atoms with E-state index in [1.807, 2.05) is 0 Å². The van der Waals surface area contributed by atoms with Crippen LogP contribution < -0.4 is 5.11 Å². The Labute approximate surface area is 70.2 Å². The van der Waals surface area contributed by atoms with Gasteiger partial charge in [-0.3, -0.25) is 4.79 Å².